The maximum atomic E-state index is 12.3. The monoisotopic (exact) mass is 299 g/mol. The van der Waals surface area contributed by atoms with E-state index in [0.717, 1.165) is 12.8 Å². The Kier molecular flexibility index (Phi) is 9.22. The minimum absolute atomic E-state index is 0. The highest BCUT2D eigenvalue weighted by Gasteiger charge is 2.23. The zero-order valence-electron chi connectivity index (χ0n) is 11.4. The van der Waals surface area contributed by atoms with Crippen LogP contribution in [-0.2, 0) is 4.79 Å². The van der Waals surface area contributed by atoms with Crippen LogP contribution < -0.4 is 5.73 Å². The molecule has 1 saturated heterocycles. The fourth-order valence-corrected chi connectivity index (χ4v) is 2.24. The van der Waals surface area contributed by atoms with Gasteiger partial charge in [-0.2, -0.15) is 0 Å². The number of hydrogen-bond donors (Lipinski definition) is 1. The van der Waals surface area contributed by atoms with Crippen LogP contribution >= 0.6 is 12.4 Å². The summed E-state index contributed by atoms with van der Waals surface area (Å²) in [7, 11) is 0. The van der Waals surface area contributed by atoms with Crippen LogP contribution in [-0.4, -0.2) is 60.9 Å². The average molecular weight is 300 g/mol. The molecule has 4 nitrogen and oxygen atoms in total. The van der Waals surface area contributed by atoms with Crippen molar-refractivity contribution in [3.8, 4) is 0 Å². The van der Waals surface area contributed by atoms with Gasteiger partial charge in [-0.15, -0.1) is 12.4 Å². The third-order valence-corrected chi connectivity index (χ3v) is 3.21. The highest BCUT2D eigenvalue weighted by atomic mass is 35.5. The van der Waals surface area contributed by atoms with E-state index < -0.39 is 12.5 Å². The molecule has 0 radical (unpaired) electrons. The molecule has 0 spiro atoms. The first-order valence-electron chi connectivity index (χ1n) is 6.59. The van der Waals surface area contributed by atoms with E-state index in [2.05, 4.69) is 0 Å². The molecule has 2 N–H and O–H groups in total. The Morgan fingerprint density at radius 3 is 2.53 bits per heavy atom. The number of alkyl halides is 2. The smallest absolute Gasteiger partial charge is 0.251 e. The van der Waals surface area contributed by atoms with Crippen LogP contribution in [0.25, 0.3) is 0 Å². The Labute approximate surface area is 119 Å². The molecule has 1 fully saturated rings. The second-order valence-corrected chi connectivity index (χ2v) is 4.77. The number of hydrogen-bond acceptors (Lipinski definition) is 3. The molecular formula is C12H24ClF2N3O. The zero-order valence-corrected chi connectivity index (χ0v) is 12.2. The summed E-state index contributed by atoms with van der Waals surface area (Å²) < 4.78 is 24.6. The Balaban J connectivity index is 0.00000324. The van der Waals surface area contributed by atoms with E-state index in [1.807, 2.05) is 6.92 Å². The van der Waals surface area contributed by atoms with Gasteiger partial charge in [-0.1, -0.05) is 13.3 Å². The molecule has 0 aromatic heterocycles. The predicted molar refractivity (Wildman–Crippen MR) is 73.8 cm³/mol. The van der Waals surface area contributed by atoms with Gasteiger partial charge in [0.15, 0.2) is 0 Å². The van der Waals surface area contributed by atoms with E-state index in [-0.39, 0.29) is 24.9 Å². The van der Waals surface area contributed by atoms with Gasteiger partial charge in [-0.05, 0) is 12.8 Å². The van der Waals surface area contributed by atoms with Crippen molar-refractivity contribution >= 4 is 18.3 Å². The number of nitrogens with two attached hydrogens (primary N) is 1. The van der Waals surface area contributed by atoms with Crippen molar-refractivity contribution in [2.75, 3.05) is 32.7 Å². The molecule has 19 heavy (non-hydrogen) atoms. The molecule has 114 valence electrons. The van der Waals surface area contributed by atoms with Crippen molar-refractivity contribution in [3.05, 3.63) is 0 Å². The number of rotatable bonds is 5. The average Bonchev–Trinajstić information content (AvgIpc) is 2.53. The Morgan fingerprint density at radius 2 is 1.95 bits per heavy atom. The normalized spacial score (nSPS) is 18.9. The summed E-state index contributed by atoms with van der Waals surface area (Å²) >= 11 is 0. The highest BCUT2D eigenvalue weighted by Crippen LogP contribution is 2.08. The maximum Gasteiger partial charge on any atom is 0.251 e. The standard InChI is InChI=1S/C12H23F2N3O.ClH/c1-2-4-10(15)12(18)17-6-3-5-16(7-8-17)9-11(13)14;/h10-11H,2-9,15H2,1H3;1H. The summed E-state index contributed by atoms with van der Waals surface area (Å²) in [6, 6.07) is -0.448. The summed E-state index contributed by atoms with van der Waals surface area (Å²) in [5.41, 5.74) is 5.80. The van der Waals surface area contributed by atoms with Crippen LogP contribution in [0.5, 0.6) is 0 Å². The Hall–Kier alpha value is -0.460. The van der Waals surface area contributed by atoms with E-state index in [9.17, 15) is 13.6 Å². The second kappa shape index (κ2) is 9.44. The van der Waals surface area contributed by atoms with Gasteiger partial charge in [0.05, 0.1) is 12.6 Å². The molecule has 0 bridgehead atoms. The lowest BCUT2D eigenvalue weighted by Crippen LogP contribution is -2.45. The van der Waals surface area contributed by atoms with Crippen molar-refractivity contribution in [1.82, 2.24) is 9.80 Å². The molecule has 1 aliphatic heterocycles. The third kappa shape index (κ3) is 6.49. The van der Waals surface area contributed by atoms with E-state index in [1.54, 1.807) is 9.80 Å². The quantitative estimate of drug-likeness (QED) is 0.833. The van der Waals surface area contributed by atoms with Crippen LogP contribution in [0.1, 0.15) is 26.2 Å². The summed E-state index contributed by atoms with van der Waals surface area (Å²) in [5, 5.41) is 0. The molecule has 1 heterocycles. The lowest BCUT2D eigenvalue weighted by Gasteiger charge is -2.24. The predicted octanol–water partition coefficient (Wildman–Crippen LogP) is 1.33. The lowest BCUT2D eigenvalue weighted by molar-refractivity contribution is -0.132. The van der Waals surface area contributed by atoms with Crippen LogP contribution in [0.4, 0.5) is 8.78 Å². The number of amides is 1. The van der Waals surface area contributed by atoms with Crippen molar-refractivity contribution < 1.29 is 13.6 Å². The molecule has 1 amide bonds. The molecule has 0 aromatic carbocycles. The van der Waals surface area contributed by atoms with Crippen molar-refractivity contribution in [2.24, 2.45) is 5.73 Å². The summed E-state index contributed by atoms with van der Waals surface area (Å²) in [4.78, 5) is 15.4. The Bertz CT molecular complexity index is 269. The van der Waals surface area contributed by atoms with Crippen molar-refractivity contribution in [3.63, 3.8) is 0 Å². The first-order valence-corrected chi connectivity index (χ1v) is 6.59. The molecule has 1 unspecified atom stereocenters. The van der Waals surface area contributed by atoms with Crippen LogP contribution in [0, 0.1) is 0 Å². The van der Waals surface area contributed by atoms with Gasteiger partial charge in [0.25, 0.3) is 6.43 Å². The van der Waals surface area contributed by atoms with E-state index in [4.69, 9.17) is 5.73 Å². The zero-order chi connectivity index (χ0) is 13.5. The van der Waals surface area contributed by atoms with Gasteiger partial charge in [0.1, 0.15) is 0 Å². The number of carbonyl (C=O) groups is 1. The van der Waals surface area contributed by atoms with Crippen LogP contribution in [0.15, 0.2) is 0 Å². The SMILES string of the molecule is CCCC(N)C(=O)N1CCCN(CC(F)F)CC1.Cl. The molecule has 1 rings (SSSR count). The van der Waals surface area contributed by atoms with Gasteiger partial charge >= 0.3 is 0 Å². The molecule has 1 atom stereocenters. The first-order chi connectivity index (χ1) is 8.54. The van der Waals surface area contributed by atoms with Crippen LogP contribution in [0.3, 0.4) is 0 Å². The van der Waals surface area contributed by atoms with Gasteiger partial charge in [-0.3, -0.25) is 9.69 Å². The summed E-state index contributed by atoms with van der Waals surface area (Å²) in [5.74, 6) is -0.0456. The fourth-order valence-electron chi connectivity index (χ4n) is 2.24. The Morgan fingerprint density at radius 1 is 1.26 bits per heavy atom. The number of halogens is 3. The molecule has 7 heteroatoms. The van der Waals surface area contributed by atoms with Gasteiger partial charge in [-0.25, -0.2) is 8.78 Å². The molecule has 0 aliphatic carbocycles. The molecule has 0 aromatic rings. The summed E-state index contributed by atoms with van der Waals surface area (Å²) in [6.07, 6.45) is -0.0272. The fraction of sp³-hybridized carbons (Fsp3) is 0.917. The molecular weight excluding hydrogens is 276 g/mol. The largest absolute Gasteiger partial charge is 0.340 e. The minimum atomic E-state index is -2.31. The van der Waals surface area contributed by atoms with Gasteiger partial charge in [0.2, 0.25) is 5.91 Å². The van der Waals surface area contributed by atoms with Gasteiger partial charge < -0.3 is 10.6 Å². The number of carbonyl (C=O) groups excluding carboxylic acids is 1. The highest BCUT2D eigenvalue weighted by molar-refractivity contribution is 5.85. The first kappa shape index (κ1) is 18.5. The third-order valence-electron chi connectivity index (χ3n) is 3.21. The van der Waals surface area contributed by atoms with E-state index in [0.29, 0.717) is 32.6 Å². The van der Waals surface area contributed by atoms with Crippen LogP contribution in [0.2, 0.25) is 0 Å². The topological polar surface area (TPSA) is 49.6 Å². The van der Waals surface area contributed by atoms with E-state index >= 15 is 0 Å². The summed E-state index contributed by atoms with van der Waals surface area (Å²) in [6.45, 7) is 4.04. The molecule has 1 aliphatic rings. The van der Waals surface area contributed by atoms with Crippen molar-refractivity contribution in [2.45, 2.75) is 38.7 Å². The minimum Gasteiger partial charge on any atom is -0.340 e. The second-order valence-electron chi connectivity index (χ2n) is 4.77. The molecule has 0 saturated carbocycles. The van der Waals surface area contributed by atoms with Gasteiger partial charge in [0, 0.05) is 26.2 Å². The maximum absolute atomic E-state index is 12.3. The van der Waals surface area contributed by atoms with E-state index in [1.165, 1.54) is 0 Å². The number of nitrogens with zero attached hydrogens (tertiary/aromatic N) is 2. The van der Waals surface area contributed by atoms with Crippen molar-refractivity contribution in [1.29, 1.82) is 0 Å². The lowest BCUT2D eigenvalue weighted by atomic mass is 10.1.